The molecule has 2 heteroatoms. The Morgan fingerprint density at radius 3 is 2.30 bits per heavy atom. The molecule has 0 aromatic heterocycles. The van der Waals surface area contributed by atoms with Crippen molar-refractivity contribution in [1.29, 1.82) is 0 Å². The van der Waals surface area contributed by atoms with Crippen LogP contribution in [0.25, 0.3) is 0 Å². The van der Waals surface area contributed by atoms with Crippen molar-refractivity contribution in [3.63, 3.8) is 0 Å². The second kappa shape index (κ2) is 5.48. The zero-order valence-corrected chi connectivity index (χ0v) is 11.1. The monoisotopic (exact) mass is 243 g/mol. The molecule has 58 valence electrons. The molecule has 0 saturated carbocycles. The van der Waals surface area contributed by atoms with Crippen LogP contribution >= 0.6 is 0 Å². The zero-order chi connectivity index (χ0) is 7.23. The molecule has 1 saturated heterocycles. The molecule has 1 rings (SSSR count). The van der Waals surface area contributed by atoms with Gasteiger partial charge >= 0.3 is 75.6 Å². The third-order valence-corrected chi connectivity index (χ3v) is 8.10. The van der Waals surface area contributed by atoms with Gasteiger partial charge in [-0.25, -0.2) is 0 Å². The van der Waals surface area contributed by atoms with E-state index in [9.17, 15) is 0 Å². The molecule has 1 heterocycles. The maximum absolute atomic E-state index is 2.60. The molecule has 0 atom stereocenters. The van der Waals surface area contributed by atoms with Gasteiger partial charge in [0.1, 0.15) is 0 Å². The van der Waals surface area contributed by atoms with Crippen molar-refractivity contribution in [3.05, 3.63) is 0 Å². The summed E-state index contributed by atoms with van der Waals surface area (Å²) in [6.07, 6.45) is 3.04. The van der Waals surface area contributed by atoms with Crippen molar-refractivity contribution in [2.75, 3.05) is 19.6 Å². The molecule has 0 aromatic carbocycles. The van der Waals surface area contributed by atoms with Gasteiger partial charge in [0, 0.05) is 0 Å². The normalized spacial score (nSPS) is 22.9. The summed E-state index contributed by atoms with van der Waals surface area (Å²) in [6.45, 7) is 6.35. The van der Waals surface area contributed by atoms with Crippen LogP contribution in [0.3, 0.4) is 0 Å². The topological polar surface area (TPSA) is 3.24 Å². The van der Waals surface area contributed by atoms with Gasteiger partial charge in [0.15, 0.2) is 0 Å². The Labute approximate surface area is 75.5 Å². The fourth-order valence-corrected chi connectivity index (χ4v) is 5.93. The van der Waals surface area contributed by atoms with Gasteiger partial charge in [-0.15, -0.1) is 0 Å². The van der Waals surface area contributed by atoms with E-state index in [1.54, 1.807) is 8.35 Å². The van der Waals surface area contributed by atoms with Gasteiger partial charge < -0.3 is 0 Å². The maximum atomic E-state index is 2.60. The molecule has 0 unspecified atom stereocenters. The number of hydrogen-bond acceptors (Lipinski definition) is 1. The van der Waals surface area contributed by atoms with Crippen LogP contribution in [0, 0.1) is 0 Å². The van der Waals surface area contributed by atoms with E-state index < -0.39 is 0 Å². The summed E-state index contributed by atoms with van der Waals surface area (Å²) >= 11 is -0.156. The molecule has 10 heavy (non-hydrogen) atoms. The molecular weight excluding hydrogens is 225 g/mol. The first-order valence-corrected chi connectivity index (χ1v) is 10.4. The summed E-state index contributed by atoms with van der Waals surface area (Å²) in [5, 5.41) is 0. The predicted octanol–water partition coefficient (Wildman–Crippen LogP) is 1.38. The van der Waals surface area contributed by atoms with Crippen molar-refractivity contribution in [1.82, 2.24) is 4.90 Å². The van der Waals surface area contributed by atoms with E-state index in [0.29, 0.717) is 0 Å². The third-order valence-electron chi connectivity index (χ3n) is 2.40. The van der Waals surface area contributed by atoms with E-state index in [-0.39, 0.29) is 22.9 Å². The molecule has 1 fully saturated rings. The summed E-state index contributed by atoms with van der Waals surface area (Å²) in [7, 11) is 0. The number of nitrogens with zero attached hydrogens (tertiary/aromatic N) is 1. The SMILES string of the molecule is CCN1CC[CH2][InH][CH2]CC1. The molecule has 0 spiro atoms. The molecule has 1 aliphatic rings. The molecule has 0 aliphatic carbocycles. The minimum absolute atomic E-state index is 0.156. The van der Waals surface area contributed by atoms with Gasteiger partial charge in [0.2, 0.25) is 0 Å². The summed E-state index contributed by atoms with van der Waals surface area (Å²) in [4.78, 5) is 2.60. The first-order valence-electron chi connectivity index (χ1n) is 4.66. The first kappa shape index (κ1) is 8.92. The summed E-state index contributed by atoms with van der Waals surface area (Å²) in [5.74, 6) is 0. The first-order chi connectivity index (χ1) is 4.93. The van der Waals surface area contributed by atoms with Crippen LogP contribution in [0.15, 0.2) is 0 Å². The van der Waals surface area contributed by atoms with Crippen LogP contribution in [0.2, 0.25) is 8.35 Å². The van der Waals surface area contributed by atoms with Crippen molar-refractivity contribution < 1.29 is 0 Å². The van der Waals surface area contributed by atoms with E-state index in [0.717, 1.165) is 0 Å². The van der Waals surface area contributed by atoms with Gasteiger partial charge in [-0.2, -0.15) is 0 Å². The van der Waals surface area contributed by atoms with Gasteiger partial charge in [-0.3, -0.25) is 0 Å². The molecule has 0 N–H and O–H groups in total. The predicted molar refractivity (Wildman–Crippen MR) is 48.1 cm³/mol. The molecule has 0 amide bonds. The van der Waals surface area contributed by atoms with Crippen molar-refractivity contribution >= 4 is 22.9 Å². The van der Waals surface area contributed by atoms with Gasteiger partial charge in [-0.1, -0.05) is 0 Å². The van der Waals surface area contributed by atoms with E-state index in [1.165, 1.54) is 32.5 Å². The second-order valence-corrected chi connectivity index (χ2v) is 9.26. The average molecular weight is 243 g/mol. The van der Waals surface area contributed by atoms with Crippen LogP contribution in [0.1, 0.15) is 19.8 Å². The average Bonchev–Trinajstić information content (AvgIpc) is 1.87. The minimum atomic E-state index is -0.156. The fraction of sp³-hybridized carbons (Fsp3) is 1.00. The Morgan fingerprint density at radius 2 is 1.80 bits per heavy atom. The second-order valence-electron chi connectivity index (χ2n) is 3.20. The molecule has 1 aliphatic heterocycles. The zero-order valence-electron chi connectivity index (χ0n) is 7.10. The number of hydrogen-bond donors (Lipinski definition) is 0. The Kier molecular flexibility index (Phi) is 4.89. The van der Waals surface area contributed by atoms with Gasteiger partial charge in [0.05, 0.1) is 0 Å². The molecule has 0 aromatic rings. The van der Waals surface area contributed by atoms with Crippen LogP contribution < -0.4 is 0 Å². The molecule has 0 radical (unpaired) electrons. The Morgan fingerprint density at radius 1 is 1.20 bits per heavy atom. The van der Waals surface area contributed by atoms with Crippen LogP contribution in [0.5, 0.6) is 0 Å². The molecule has 1 nitrogen and oxygen atoms in total. The fourth-order valence-electron chi connectivity index (χ4n) is 1.63. The Bertz CT molecular complexity index is 77.3. The molecular formula is C8H18InN. The van der Waals surface area contributed by atoms with Gasteiger partial charge in [-0.05, 0) is 0 Å². The van der Waals surface area contributed by atoms with E-state index in [4.69, 9.17) is 0 Å². The molecule has 0 bridgehead atoms. The van der Waals surface area contributed by atoms with Crippen LogP contribution in [-0.4, -0.2) is 47.4 Å². The Balaban J connectivity index is 2.16. The van der Waals surface area contributed by atoms with Crippen LogP contribution in [0.4, 0.5) is 0 Å². The van der Waals surface area contributed by atoms with Crippen LogP contribution in [-0.2, 0) is 0 Å². The standard InChI is InChI=1S/C8H17N.In.H/c1-4-7-9(6-3)8-5-2;;/h1-2,4-8H2,3H3;;. The summed E-state index contributed by atoms with van der Waals surface area (Å²) in [6, 6.07) is 0. The third kappa shape index (κ3) is 3.29. The van der Waals surface area contributed by atoms with E-state index in [2.05, 4.69) is 11.8 Å². The summed E-state index contributed by atoms with van der Waals surface area (Å²) in [5.41, 5.74) is 0. The van der Waals surface area contributed by atoms with Crippen molar-refractivity contribution in [2.45, 2.75) is 28.1 Å². The van der Waals surface area contributed by atoms with Crippen molar-refractivity contribution in [2.24, 2.45) is 0 Å². The van der Waals surface area contributed by atoms with Crippen molar-refractivity contribution in [3.8, 4) is 0 Å². The van der Waals surface area contributed by atoms with Gasteiger partial charge in [0.25, 0.3) is 0 Å². The van der Waals surface area contributed by atoms with E-state index >= 15 is 0 Å². The van der Waals surface area contributed by atoms with E-state index in [1.807, 2.05) is 0 Å². The number of rotatable bonds is 1. The summed E-state index contributed by atoms with van der Waals surface area (Å²) < 4.78 is 3.33. The Hall–Kier alpha value is 0.830. The quantitative estimate of drug-likeness (QED) is 0.672.